The van der Waals surface area contributed by atoms with Crippen LogP contribution in [-0.4, -0.2) is 32.5 Å². The fraction of sp³-hybridized carbons (Fsp3) is 0.500. The minimum atomic E-state index is -0.665. The topological polar surface area (TPSA) is 93.2 Å². The monoisotopic (exact) mass is 344 g/mol. The SMILES string of the molecule is Cc1cccc(C2(NCC(O)Cn3cc([N+](=O)[O-])cn3)CCCC2)c1. The van der Waals surface area contributed by atoms with Crippen LogP contribution < -0.4 is 5.32 Å². The molecule has 0 amide bonds. The molecule has 1 fully saturated rings. The summed E-state index contributed by atoms with van der Waals surface area (Å²) in [6.07, 6.45) is 6.32. The number of rotatable bonds is 7. The average Bonchev–Trinajstić information content (AvgIpc) is 3.23. The van der Waals surface area contributed by atoms with Crippen molar-refractivity contribution in [3.8, 4) is 0 Å². The van der Waals surface area contributed by atoms with Gasteiger partial charge in [0.2, 0.25) is 0 Å². The largest absolute Gasteiger partial charge is 0.390 e. The molecule has 3 rings (SSSR count). The van der Waals surface area contributed by atoms with Crippen LogP contribution in [0.4, 0.5) is 5.69 Å². The number of aliphatic hydroxyl groups is 1. The second-order valence-corrected chi connectivity index (χ2v) is 6.87. The molecule has 2 N–H and O–H groups in total. The fourth-order valence-electron chi connectivity index (χ4n) is 3.63. The maximum atomic E-state index is 10.7. The van der Waals surface area contributed by atoms with Gasteiger partial charge in [-0.25, -0.2) is 0 Å². The van der Waals surface area contributed by atoms with Gasteiger partial charge in [-0.05, 0) is 25.3 Å². The van der Waals surface area contributed by atoms with E-state index < -0.39 is 11.0 Å². The quantitative estimate of drug-likeness (QED) is 0.595. The highest BCUT2D eigenvalue weighted by Gasteiger charge is 2.35. The maximum absolute atomic E-state index is 10.7. The van der Waals surface area contributed by atoms with Crippen LogP contribution in [0.25, 0.3) is 0 Å². The Bertz CT molecular complexity index is 737. The molecule has 1 unspecified atom stereocenters. The third-order valence-electron chi connectivity index (χ3n) is 4.93. The van der Waals surface area contributed by atoms with Gasteiger partial charge in [0.1, 0.15) is 12.4 Å². The number of hydrogen-bond acceptors (Lipinski definition) is 5. The Hall–Kier alpha value is -2.25. The molecule has 1 aromatic carbocycles. The first-order valence-electron chi connectivity index (χ1n) is 8.66. The van der Waals surface area contributed by atoms with Gasteiger partial charge < -0.3 is 10.4 Å². The van der Waals surface area contributed by atoms with Crippen LogP contribution >= 0.6 is 0 Å². The van der Waals surface area contributed by atoms with Gasteiger partial charge in [0, 0.05) is 12.1 Å². The molecular formula is C18H24N4O3. The Morgan fingerprint density at radius 2 is 2.20 bits per heavy atom. The van der Waals surface area contributed by atoms with Gasteiger partial charge in [-0.2, -0.15) is 5.10 Å². The van der Waals surface area contributed by atoms with Crippen LogP contribution in [0.1, 0.15) is 36.8 Å². The van der Waals surface area contributed by atoms with E-state index in [1.165, 1.54) is 41.0 Å². The Morgan fingerprint density at radius 1 is 1.44 bits per heavy atom. The number of aromatic nitrogens is 2. The average molecular weight is 344 g/mol. The molecule has 1 aliphatic rings. The number of nitrogens with zero attached hydrogens (tertiary/aromatic N) is 3. The molecule has 7 nitrogen and oxygen atoms in total. The first kappa shape index (κ1) is 17.6. The molecule has 1 aromatic heterocycles. The van der Waals surface area contributed by atoms with Crippen molar-refractivity contribution in [1.82, 2.24) is 15.1 Å². The summed E-state index contributed by atoms with van der Waals surface area (Å²) < 4.78 is 1.42. The molecule has 0 radical (unpaired) electrons. The standard InChI is InChI=1S/C18H24N4O3/c1-14-5-4-6-15(9-14)18(7-2-3-8-18)19-11-17(23)13-21-12-16(10-20-21)22(24)25/h4-6,9-10,12,17,19,23H,2-3,7-8,11,13H2,1H3. The summed E-state index contributed by atoms with van der Waals surface area (Å²) >= 11 is 0. The zero-order valence-electron chi connectivity index (χ0n) is 14.4. The van der Waals surface area contributed by atoms with Crippen LogP contribution in [0.2, 0.25) is 0 Å². The Kier molecular flexibility index (Phi) is 5.15. The van der Waals surface area contributed by atoms with E-state index in [2.05, 4.69) is 41.6 Å². The normalized spacial score (nSPS) is 17.5. The van der Waals surface area contributed by atoms with Crippen molar-refractivity contribution < 1.29 is 10.0 Å². The summed E-state index contributed by atoms with van der Waals surface area (Å²) in [5, 5.41) is 28.5. The van der Waals surface area contributed by atoms with Crippen molar-refractivity contribution in [3.63, 3.8) is 0 Å². The smallest absolute Gasteiger partial charge is 0.306 e. The highest BCUT2D eigenvalue weighted by atomic mass is 16.6. The van der Waals surface area contributed by atoms with Crippen molar-refractivity contribution in [1.29, 1.82) is 0 Å². The maximum Gasteiger partial charge on any atom is 0.306 e. The molecule has 0 saturated heterocycles. The molecule has 1 saturated carbocycles. The summed E-state index contributed by atoms with van der Waals surface area (Å²) in [7, 11) is 0. The lowest BCUT2D eigenvalue weighted by Crippen LogP contribution is -2.44. The van der Waals surface area contributed by atoms with E-state index in [-0.39, 0.29) is 17.8 Å². The summed E-state index contributed by atoms with van der Waals surface area (Å²) in [6, 6.07) is 8.52. The molecule has 1 aliphatic carbocycles. The summed E-state index contributed by atoms with van der Waals surface area (Å²) in [5.74, 6) is 0. The molecule has 1 heterocycles. The van der Waals surface area contributed by atoms with E-state index in [1.54, 1.807) is 0 Å². The van der Waals surface area contributed by atoms with E-state index >= 15 is 0 Å². The van der Waals surface area contributed by atoms with Gasteiger partial charge in [0.05, 0.1) is 17.6 Å². The van der Waals surface area contributed by atoms with E-state index in [0.717, 1.165) is 12.8 Å². The number of hydrogen-bond donors (Lipinski definition) is 2. The van der Waals surface area contributed by atoms with Crippen molar-refractivity contribution in [2.45, 2.75) is 50.8 Å². The number of aryl methyl sites for hydroxylation is 1. The van der Waals surface area contributed by atoms with Crippen LogP contribution in [0, 0.1) is 17.0 Å². The van der Waals surface area contributed by atoms with Gasteiger partial charge in [0.15, 0.2) is 0 Å². The highest BCUT2D eigenvalue weighted by molar-refractivity contribution is 5.30. The van der Waals surface area contributed by atoms with Gasteiger partial charge in [-0.3, -0.25) is 14.8 Å². The molecule has 1 atom stereocenters. The lowest BCUT2D eigenvalue weighted by atomic mass is 9.87. The van der Waals surface area contributed by atoms with Crippen LogP contribution in [0.15, 0.2) is 36.7 Å². The highest BCUT2D eigenvalue weighted by Crippen LogP contribution is 2.38. The summed E-state index contributed by atoms with van der Waals surface area (Å²) in [6.45, 7) is 2.73. The van der Waals surface area contributed by atoms with Crippen LogP contribution in [0.5, 0.6) is 0 Å². The second kappa shape index (κ2) is 7.33. The third-order valence-corrected chi connectivity index (χ3v) is 4.93. The van der Waals surface area contributed by atoms with Crippen LogP contribution in [-0.2, 0) is 12.1 Å². The molecule has 0 aliphatic heterocycles. The van der Waals surface area contributed by atoms with E-state index in [0.29, 0.717) is 6.54 Å². The van der Waals surface area contributed by atoms with Crippen molar-refractivity contribution >= 4 is 5.69 Å². The summed E-state index contributed by atoms with van der Waals surface area (Å²) in [5.41, 5.74) is 2.34. The van der Waals surface area contributed by atoms with Crippen molar-refractivity contribution in [3.05, 3.63) is 57.9 Å². The summed E-state index contributed by atoms with van der Waals surface area (Å²) in [4.78, 5) is 10.2. The first-order valence-corrected chi connectivity index (χ1v) is 8.66. The molecule has 2 aromatic rings. The third kappa shape index (κ3) is 4.05. The van der Waals surface area contributed by atoms with E-state index in [1.807, 2.05) is 0 Å². The number of nitrogens with one attached hydrogen (secondary N) is 1. The van der Waals surface area contributed by atoms with Gasteiger partial charge in [-0.15, -0.1) is 0 Å². The van der Waals surface area contributed by atoms with Crippen molar-refractivity contribution in [2.75, 3.05) is 6.54 Å². The Labute approximate surface area is 146 Å². The van der Waals surface area contributed by atoms with Gasteiger partial charge in [-0.1, -0.05) is 42.7 Å². The van der Waals surface area contributed by atoms with Crippen LogP contribution in [0.3, 0.4) is 0 Å². The van der Waals surface area contributed by atoms with E-state index in [9.17, 15) is 15.2 Å². The zero-order chi connectivity index (χ0) is 17.9. The number of aliphatic hydroxyl groups excluding tert-OH is 1. The minimum Gasteiger partial charge on any atom is -0.390 e. The Balaban J connectivity index is 1.64. The second-order valence-electron chi connectivity index (χ2n) is 6.87. The first-order chi connectivity index (χ1) is 12.0. The Morgan fingerprint density at radius 3 is 2.84 bits per heavy atom. The lowest BCUT2D eigenvalue weighted by Gasteiger charge is -2.32. The molecular weight excluding hydrogens is 320 g/mol. The molecule has 25 heavy (non-hydrogen) atoms. The minimum absolute atomic E-state index is 0.0628. The molecule has 0 spiro atoms. The number of benzene rings is 1. The molecule has 0 bridgehead atoms. The van der Waals surface area contributed by atoms with Crippen molar-refractivity contribution in [2.24, 2.45) is 0 Å². The molecule has 134 valence electrons. The predicted molar refractivity (Wildman–Crippen MR) is 94.2 cm³/mol. The number of nitro groups is 1. The molecule has 7 heteroatoms. The van der Waals surface area contributed by atoms with E-state index in [4.69, 9.17) is 0 Å². The van der Waals surface area contributed by atoms with Gasteiger partial charge in [0.25, 0.3) is 0 Å². The lowest BCUT2D eigenvalue weighted by molar-refractivity contribution is -0.385. The predicted octanol–water partition coefficient (Wildman–Crippen LogP) is 2.52. The fourth-order valence-corrected chi connectivity index (χ4v) is 3.63. The van der Waals surface area contributed by atoms with Gasteiger partial charge >= 0.3 is 5.69 Å². The zero-order valence-corrected chi connectivity index (χ0v) is 14.4.